The van der Waals surface area contributed by atoms with E-state index in [4.69, 9.17) is 9.97 Å². The van der Waals surface area contributed by atoms with E-state index in [0.717, 1.165) is 73.4 Å². The van der Waals surface area contributed by atoms with Crippen molar-refractivity contribution in [2.24, 2.45) is 0 Å². The number of rotatable bonds is 10. The number of fused-ring (bicyclic) bond motifs is 1. The molecule has 0 spiro atoms. The molecule has 34 heavy (non-hydrogen) atoms. The van der Waals surface area contributed by atoms with Gasteiger partial charge < -0.3 is 25.0 Å². The van der Waals surface area contributed by atoms with Crippen molar-refractivity contribution in [3.05, 3.63) is 36.2 Å². The zero-order valence-electron chi connectivity index (χ0n) is 19.8. The maximum atomic E-state index is 11.4. The first-order valence-corrected chi connectivity index (χ1v) is 12.2. The molecule has 0 saturated carbocycles. The summed E-state index contributed by atoms with van der Waals surface area (Å²) in [5.74, 6) is 1.50. The van der Waals surface area contributed by atoms with Crippen molar-refractivity contribution in [1.82, 2.24) is 24.8 Å². The molecule has 0 atom stereocenters. The lowest BCUT2D eigenvalue weighted by molar-refractivity contribution is -0.120. The average molecular weight is 467 g/mol. The Kier molecular flexibility index (Phi) is 8.08. The molecule has 3 N–H and O–H groups in total. The zero-order valence-corrected chi connectivity index (χ0v) is 19.8. The highest BCUT2D eigenvalue weighted by atomic mass is 16.3. The van der Waals surface area contributed by atoms with Gasteiger partial charge in [-0.05, 0) is 37.3 Å². The van der Waals surface area contributed by atoms with Crippen molar-refractivity contribution in [1.29, 1.82) is 0 Å². The number of aromatic nitrogens is 4. The van der Waals surface area contributed by atoms with Crippen LogP contribution >= 0.6 is 0 Å². The molecule has 1 aromatic carbocycles. The number of carbonyl (C=O) groups excluding carboxylic acids is 1. The van der Waals surface area contributed by atoms with Crippen molar-refractivity contribution in [2.75, 3.05) is 25.0 Å². The van der Waals surface area contributed by atoms with E-state index in [1.54, 1.807) is 7.05 Å². The molecule has 1 aliphatic rings. The van der Waals surface area contributed by atoms with Crippen molar-refractivity contribution >= 4 is 22.9 Å². The SMILES string of the molecule is CNC(=O)CCCCCCn1cnc2c(N3CCC(O)CC3)nc(-c3cccc(CO)c3)nc21. The van der Waals surface area contributed by atoms with Gasteiger partial charge in [0.2, 0.25) is 5.91 Å². The summed E-state index contributed by atoms with van der Waals surface area (Å²) >= 11 is 0. The highest BCUT2D eigenvalue weighted by Crippen LogP contribution is 2.29. The first kappa shape index (κ1) is 24.1. The lowest BCUT2D eigenvalue weighted by atomic mass is 10.1. The summed E-state index contributed by atoms with van der Waals surface area (Å²) in [4.78, 5) is 28.0. The smallest absolute Gasteiger partial charge is 0.219 e. The van der Waals surface area contributed by atoms with E-state index in [1.807, 2.05) is 30.6 Å². The van der Waals surface area contributed by atoms with Crippen LogP contribution in [-0.2, 0) is 17.9 Å². The van der Waals surface area contributed by atoms with Crippen LogP contribution in [0.25, 0.3) is 22.6 Å². The third-order valence-corrected chi connectivity index (χ3v) is 6.41. The summed E-state index contributed by atoms with van der Waals surface area (Å²) in [5.41, 5.74) is 3.24. The predicted molar refractivity (Wildman–Crippen MR) is 131 cm³/mol. The highest BCUT2D eigenvalue weighted by molar-refractivity contribution is 5.86. The Morgan fingerprint density at radius 2 is 1.94 bits per heavy atom. The summed E-state index contributed by atoms with van der Waals surface area (Å²) in [5, 5.41) is 22.2. The molecule has 9 heteroatoms. The molecule has 182 valence electrons. The molecule has 0 aliphatic carbocycles. The fourth-order valence-corrected chi connectivity index (χ4v) is 4.38. The predicted octanol–water partition coefficient (Wildman–Crippen LogP) is 2.64. The van der Waals surface area contributed by atoms with Gasteiger partial charge in [-0.3, -0.25) is 4.79 Å². The van der Waals surface area contributed by atoms with E-state index in [2.05, 4.69) is 19.8 Å². The maximum absolute atomic E-state index is 11.4. The van der Waals surface area contributed by atoms with E-state index in [9.17, 15) is 15.0 Å². The van der Waals surface area contributed by atoms with E-state index in [-0.39, 0.29) is 18.6 Å². The maximum Gasteiger partial charge on any atom is 0.219 e. The second-order valence-corrected chi connectivity index (χ2v) is 8.90. The second kappa shape index (κ2) is 11.4. The number of aliphatic hydroxyl groups is 2. The van der Waals surface area contributed by atoms with Crippen LogP contribution in [-0.4, -0.2) is 61.9 Å². The van der Waals surface area contributed by atoms with Gasteiger partial charge in [0, 0.05) is 38.7 Å². The number of piperidine rings is 1. The number of imidazole rings is 1. The van der Waals surface area contributed by atoms with Crippen LogP contribution in [0.5, 0.6) is 0 Å². The molecule has 3 heterocycles. The largest absolute Gasteiger partial charge is 0.393 e. The van der Waals surface area contributed by atoms with Gasteiger partial charge in [0.25, 0.3) is 0 Å². The minimum absolute atomic E-state index is 0.0369. The molecule has 1 fully saturated rings. The van der Waals surface area contributed by atoms with Crippen LogP contribution in [0, 0.1) is 0 Å². The summed E-state index contributed by atoms with van der Waals surface area (Å²) in [6.07, 6.45) is 7.46. The third kappa shape index (κ3) is 5.71. The molecule has 2 aromatic heterocycles. The van der Waals surface area contributed by atoms with E-state index in [1.165, 1.54) is 0 Å². The first-order chi connectivity index (χ1) is 16.6. The standard InChI is InChI=1S/C25H34N6O3/c1-26-21(34)9-4-2-3-5-12-31-17-27-22-24(30-13-10-20(33)11-14-30)28-23(29-25(22)31)19-8-6-7-18(15-19)16-32/h6-8,15,17,20,32-33H,2-5,9-14,16H2,1H3,(H,26,34). The molecule has 1 aliphatic heterocycles. The Morgan fingerprint density at radius 1 is 1.15 bits per heavy atom. The summed E-state index contributed by atoms with van der Waals surface area (Å²) in [7, 11) is 1.67. The molecule has 9 nitrogen and oxygen atoms in total. The van der Waals surface area contributed by atoms with Crippen LogP contribution in [0.15, 0.2) is 30.6 Å². The van der Waals surface area contributed by atoms with Gasteiger partial charge in [0.1, 0.15) is 0 Å². The fourth-order valence-electron chi connectivity index (χ4n) is 4.38. The normalized spacial score (nSPS) is 14.6. The molecule has 4 rings (SSSR count). The van der Waals surface area contributed by atoms with Gasteiger partial charge >= 0.3 is 0 Å². The molecule has 1 saturated heterocycles. The van der Waals surface area contributed by atoms with Crippen LogP contribution in [0.4, 0.5) is 5.82 Å². The van der Waals surface area contributed by atoms with Gasteiger partial charge in [-0.25, -0.2) is 15.0 Å². The van der Waals surface area contributed by atoms with E-state index in [0.29, 0.717) is 25.1 Å². The second-order valence-electron chi connectivity index (χ2n) is 8.90. The Morgan fingerprint density at radius 3 is 2.71 bits per heavy atom. The number of aryl methyl sites for hydroxylation is 1. The third-order valence-electron chi connectivity index (χ3n) is 6.41. The number of benzene rings is 1. The minimum Gasteiger partial charge on any atom is -0.393 e. The number of carbonyl (C=O) groups is 1. The van der Waals surface area contributed by atoms with E-state index < -0.39 is 0 Å². The highest BCUT2D eigenvalue weighted by Gasteiger charge is 2.23. The fraction of sp³-hybridized carbons (Fsp3) is 0.520. The van der Waals surface area contributed by atoms with Crippen molar-refractivity contribution < 1.29 is 15.0 Å². The van der Waals surface area contributed by atoms with Crippen molar-refractivity contribution in [2.45, 2.75) is 64.2 Å². The van der Waals surface area contributed by atoms with Gasteiger partial charge in [-0.2, -0.15) is 0 Å². The van der Waals surface area contributed by atoms with Crippen LogP contribution in [0.2, 0.25) is 0 Å². The summed E-state index contributed by atoms with van der Waals surface area (Å²) < 4.78 is 2.08. The molecule has 0 unspecified atom stereocenters. The van der Waals surface area contributed by atoms with Gasteiger partial charge in [0.15, 0.2) is 22.8 Å². The number of nitrogens with one attached hydrogen (secondary N) is 1. The molecule has 0 bridgehead atoms. The lowest BCUT2D eigenvalue weighted by Crippen LogP contribution is -2.36. The lowest BCUT2D eigenvalue weighted by Gasteiger charge is -2.30. The number of amides is 1. The van der Waals surface area contributed by atoms with Gasteiger partial charge in [0.05, 0.1) is 19.0 Å². The van der Waals surface area contributed by atoms with Crippen LogP contribution < -0.4 is 10.2 Å². The first-order valence-electron chi connectivity index (χ1n) is 12.2. The minimum atomic E-state index is -0.268. The Balaban J connectivity index is 1.58. The average Bonchev–Trinajstić information content (AvgIpc) is 3.28. The summed E-state index contributed by atoms with van der Waals surface area (Å²) in [6, 6.07) is 7.65. The molecular weight excluding hydrogens is 432 g/mol. The number of unbranched alkanes of at least 4 members (excludes halogenated alkanes) is 3. The molecule has 3 aromatic rings. The Hall–Kier alpha value is -3.04. The number of hydrogen-bond acceptors (Lipinski definition) is 7. The Bertz CT molecular complexity index is 1110. The zero-order chi connectivity index (χ0) is 23.9. The molecular formula is C25H34N6O3. The Labute approximate surface area is 199 Å². The molecule has 1 amide bonds. The number of anilines is 1. The monoisotopic (exact) mass is 466 g/mol. The van der Waals surface area contributed by atoms with Crippen molar-refractivity contribution in [3.63, 3.8) is 0 Å². The van der Waals surface area contributed by atoms with Gasteiger partial charge in [-0.15, -0.1) is 0 Å². The van der Waals surface area contributed by atoms with E-state index >= 15 is 0 Å². The molecule has 0 radical (unpaired) electrons. The quantitative estimate of drug-likeness (QED) is 0.393. The van der Waals surface area contributed by atoms with Gasteiger partial charge in [-0.1, -0.05) is 31.0 Å². The summed E-state index contributed by atoms with van der Waals surface area (Å²) in [6.45, 7) is 2.20. The number of aliphatic hydroxyl groups excluding tert-OH is 2. The number of hydrogen-bond donors (Lipinski definition) is 3. The van der Waals surface area contributed by atoms with Crippen LogP contribution in [0.3, 0.4) is 0 Å². The van der Waals surface area contributed by atoms with Crippen molar-refractivity contribution in [3.8, 4) is 11.4 Å². The topological polar surface area (TPSA) is 116 Å². The van der Waals surface area contributed by atoms with Crippen LogP contribution in [0.1, 0.15) is 50.5 Å². The number of nitrogens with zero attached hydrogens (tertiary/aromatic N) is 5.